The minimum absolute atomic E-state index is 0.0190. The van der Waals surface area contributed by atoms with Crippen molar-refractivity contribution in [2.75, 3.05) is 10.8 Å². The highest BCUT2D eigenvalue weighted by Crippen LogP contribution is 2.64. The van der Waals surface area contributed by atoms with E-state index >= 15 is 0 Å². The Hall–Kier alpha value is -2.46. The summed E-state index contributed by atoms with van der Waals surface area (Å²) in [5, 5.41) is 9.06. The van der Waals surface area contributed by atoms with Crippen molar-refractivity contribution in [3.05, 3.63) is 29.8 Å². The maximum atomic E-state index is 12.8. The Balaban J connectivity index is 2.03. The SMILES string of the molecule is CC1(C)C2CCC1(CN(c1cccc(C(CC(=O)O)C(N)=O)c1)S(=O)(=O)O)C(=O)C2. The van der Waals surface area contributed by atoms with Gasteiger partial charge in [0.15, 0.2) is 0 Å². The number of hydrogen-bond donors (Lipinski definition) is 3. The molecule has 3 atom stereocenters. The molecule has 2 saturated carbocycles. The van der Waals surface area contributed by atoms with Gasteiger partial charge >= 0.3 is 16.3 Å². The Morgan fingerprint density at radius 1 is 1.33 bits per heavy atom. The maximum Gasteiger partial charge on any atom is 0.360 e. The number of anilines is 1. The number of nitrogens with two attached hydrogens (primary N) is 1. The van der Waals surface area contributed by atoms with Gasteiger partial charge in [-0.3, -0.25) is 18.9 Å². The second kappa shape index (κ2) is 7.35. The number of benzene rings is 1. The third kappa shape index (κ3) is 3.58. The second-order valence-corrected chi connectivity index (χ2v) is 10.1. The third-order valence-electron chi connectivity index (χ3n) is 7.11. The van der Waals surface area contributed by atoms with Crippen LogP contribution >= 0.6 is 0 Å². The standard InChI is InChI=1S/C20H26N2O7S/c1-19(2)13-6-7-20(19,16(23)9-13)11-22(30(27,28)29)14-5-3-4-12(8-14)15(18(21)26)10-17(24)25/h3-5,8,13,15H,6-7,9-11H2,1-2H3,(H2,21,26)(H,24,25)(H,27,28,29). The van der Waals surface area contributed by atoms with Crippen LogP contribution in [-0.2, 0) is 24.7 Å². The van der Waals surface area contributed by atoms with Gasteiger partial charge in [-0.1, -0.05) is 26.0 Å². The molecular formula is C20H26N2O7S. The Bertz CT molecular complexity index is 1000. The van der Waals surface area contributed by atoms with Gasteiger partial charge < -0.3 is 10.8 Å². The molecule has 164 valence electrons. The van der Waals surface area contributed by atoms with Gasteiger partial charge in [0.1, 0.15) is 5.78 Å². The van der Waals surface area contributed by atoms with Gasteiger partial charge in [-0.05, 0) is 41.9 Å². The molecule has 2 aliphatic rings. The lowest BCUT2D eigenvalue weighted by Gasteiger charge is -2.40. The Morgan fingerprint density at radius 3 is 2.47 bits per heavy atom. The van der Waals surface area contributed by atoms with E-state index in [1.807, 2.05) is 13.8 Å². The third-order valence-corrected chi connectivity index (χ3v) is 8.01. The van der Waals surface area contributed by atoms with E-state index in [-0.39, 0.29) is 29.5 Å². The van der Waals surface area contributed by atoms with Crippen LogP contribution < -0.4 is 10.0 Å². The van der Waals surface area contributed by atoms with Crippen LogP contribution in [0.1, 0.15) is 51.0 Å². The van der Waals surface area contributed by atoms with Crippen LogP contribution in [-0.4, -0.2) is 42.3 Å². The van der Waals surface area contributed by atoms with Crippen LogP contribution in [0.5, 0.6) is 0 Å². The number of primary amides is 1. The molecule has 2 aliphatic carbocycles. The smallest absolute Gasteiger partial charge is 0.360 e. The summed E-state index contributed by atoms with van der Waals surface area (Å²) in [6.45, 7) is 3.67. The van der Waals surface area contributed by atoms with Crippen molar-refractivity contribution >= 4 is 33.7 Å². The Labute approximate surface area is 175 Å². The lowest BCUT2D eigenvalue weighted by molar-refractivity contribution is -0.139. The fourth-order valence-corrected chi connectivity index (χ4v) is 5.91. The predicted molar refractivity (Wildman–Crippen MR) is 108 cm³/mol. The lowest BCUT2D eigenvalue weighted by Crippen LogP contribution is -2.48. The Morgan fingerprint density at radius 2 is 2.00 bits per heavy atom. The molecule has 9 nitrogen and oxygen atoms in total. The van der Waals surface area contributed by atoms with E-state index < -0.39 is 45.3 Å². The van der Waals surface area contributed by atoms with Gasteiger partial charge in [0.05, 0.1) is 23.4 Å². The number of Topliss-reactive ketones (excluding diaryl/α,β-unsaturated/α-hetero) is 1. The van der Waals surface area contributed by atoms with Crippen LogP contribution in [0, 0.1) is 16.7 Å². The molecular weight excluding hydrogens is 412 g/mol. The number of carbonyl (C=O) groups excluding carboxylic acids is 2. The first-order valence-electron chi connectivity index (χ1n) is 9.69. The van der Waals surface area contributed by atoms with E-state index in [4.69, 9.17) is 10.8 Å². The van der Waals surface area contributed by atoms with E-state index in [0.717, 1.165) is 10.7 Å². The summed E-state index contributed by atoms with van der Waals surface area (Å²) in [6, 6.07) is 5.67. The zero-order valence-corrected chi connectivity index (χ0v) is 17.7. The number of fused-ring (bicyclic) bond motifs is 2. The fraction of sp³-hybridized carbons (Fsp3) is 0.550. The minimum Gasteiger partial charge on any atom is -0.481 e. The molecule has 3 unspecified atom stereocenters. The summed E-state index contributed by atoms with van der Waals surface area (Å²) >= 11 is 0. The minimum atomic E-state index is -4.75. The Kier molecular flexibility index (Phi) is 5.44. The van der Waals surface area contributed by atoms with Gasteiger partial charge in [0.25, 0.3) is 0 Å². The highest BCUT2D eigenvalue weighted by molar-refractivity contribution is 7.87. The van der Waals surface area contributed by atoms with Crippen molar-refractivity contribution < 1.29 is 32.5 Å². The molecule has 0 aromatic heterocycles. The molecule has 0 heterocycles. The largest absolute Gasteiger partial charge is 0.481 e. The number of nitrogens with zero attached hydrogens (tertiary/aromatic N) is 1. The number of ketones is 1. The molecule has 2 fully saturated rings. The molecule has 2 bridgehead atoms. The summed E-state index contributed by atoms with van der Waals surface area (Å²) in [7, 11) is -4.75. The summed E-state index contributed by atoms with van der Waals surface area (Å²) in [6.07, 6.45) is 1.16. The van der Waals surface area contributed by atoms with E-state index in [1.54, 1.807) is 0 Å². The number of hydrogen-bond acceptors (Lipinski definition) is 5. The van der Waals surface area contributed by atoms with Crippen LogP contribution in [0.3, 0.4) is 0 Å². The van der Waals surface area contributed by atoms with Crippen molar-refractivity contribution in [2.24, 2.45) is 22.5 Å². The number of carbonyl (C=O) groups is 3. The molecule has 0 aliphatic heterocycles. The molecule has 1 aromatic carbocycles. The summed E-state index contributed by atoms with van der Waals surface area (Å²) in [5.74, 6) is -3.12. The van der Waals surface area contributed by atoms with Crippen molar-refractivity contribution in [2.45, 2.75) is 45.4 Å². The normalized spacial score (nSPS) is 25.8. The fourth-order valence-electron chi connectivity index (χ4n) is 5.15. The number of aliphatic carboxylic acids is 1. The first-order valence-corrected chi connectivity index (χ1v) is 11.1. The topological polar surface area (TPSA) is 155 Å². The average Bonchev–Trinajstić information content (AvgIpc) is 2.97. The highest BCUT2D eigenvalue weighted by Gasteiger charge is 2.65. The number of carboxylic acid groups (broad SMARTS) is 1. The zero-order chi connectivity index (χ0) is 22.5. The highest BCUT2D eigenvalue weighted by atomic mass is 32.2. The van der Waals surface area contributed by atoms with Crippen molar-refractivity contribution in [1.29, 1.82) is 0 Å². The molecule has 30 heavy (non-hydrogen) atoms. The molecule has 1 aromatic rings. The monoisotopic (exact) mass is 438 g/mol. The van der Waals surface area contributed by atoms with Gasteiger partial charge in [0.2, 0.25) is 5.91 Å². The van der Waals surface area contributed by atoms with Crippen molar-refractivity contribution in [3.63, 3.8) is 0 Å². The average molecular weight is 439 g/mol. The lowest BCUT2D eigenvalue weighted by atomic mass is 9.69. The molecule has 0 spiro atoms. The first kappa shape index (κ1) is 22.2. The molecule has 0 saturated heterocycles. The van der Waals surface area contributed by atoms with Crippen LogP contribution in [0.2, 0.25) is 0 Å². The molecule has 0 radical (unpaired) electrons. The van der Waals surface area contributed by atoms with E-state index in [1.165, 1.54) is 24.3 Å². The first-order chi connectivity index (χ1) is 13.8. The molecule has 10 heteroatoms. The predicted octanol–water partition coefficient (Wildman–Crippen LogP) is 1.73. The van der Waals surface area contributed by atoms with E-state index in [2.05, 4.69) is 0 Å². The number of carboxylic acids is 1. The summed E-state index contributed by atoms with van der Waals surface area (Å²) < 4.78 is 35.3. The summed E-state index contributed by atoms with van der Waals surface area (Å²) in [5.41, 5.74) is 4.24. The van der Waals surface area contributed by atoms with Crippen LogP contribution in [0.4, 0.5) is 5.69 Å². The van der Waals surface area contributed by atoms with Gasteiger partial charge in [0, 0.05) is 13.0 Å². The number of rotatable bonds is 8. The number of amides is 1. The molecule has 1 amide bonds. The maximum absolute atomic E-state index is 12.8. The van der Waals surface area contributed by atoms with E-state index in [0.29, 0.717) is 12.8 Å². The van der Waals surface area contributed by atoms with Gasteiger partial charge in [-0.15, -0.1) is 0 Å². The summed E-state index contributed by atoms with van der Waals surface area (Å²) in [4.78, 5) is 35.7. The molecule has 4 N–H and O–H groups in total. The zero-order valence-electron chi connectivity index (χ0n) is 16.9. The molecule has 3 rings (SSSR count). The van der Waals surface area contributed by atoms with Gasteiger partial charge in [-0.25, -0.2) is 4.31 Å². The van der Waals surface area contributed by atoms with Gasteiger partial charge in [-0.2, -0.15) is 8.42 Å². The van der Waals surface area contributed by atoms with Crippen molar-refractivity contribution in [1.82, 2.24) is 0 Å². The second-order valence-electron chi connectivity index (χ2n) is 8.80. The van der Waals surface area contributed by atoms with Crippen molar-refractivity contribution in [3.8, 4) is 0 Å². The van der Waals surface area contributed by atoms with E-state index in [9.17, 15) is 27.4 Å². The van der Waals surface area contributed by atoms with Crippen LogP contribution in [0.25, 0.3) is 0 Å². The van der Waals surface area contributed by atoms with Crippen LogP contribution in [0.15, 0.2) is 24.3 Å². The quantitative estimate of drug-likeness (QED) is 0.522.